The monoisotopic (exact) mass is 126 g/mol. The van der Waals surface area contributed by atoms with Crippen molar-refractivity contribution in [3.05, 3.63) is 0 Å². The van der Waals surface area contributed by atoms with E-state index in [-0.39, 0.29) is 6.10 Å². The number of rotatable bonds is 0. The fraction of sp³-hybridized carbons (Fsp3) is 0.857. The Kier molecular flexibility index (Phi) is 0.943. The van der Waals surface area contributed by atoms with Crippen LogP contribution >= 0.6 is 0 Å². The molecule has 0 unspecified atom stereocenters. The highest BCUT2D eigenvalue weighted by Crippen LogP contribution is 2.37. The van der Waals surface area contributed by atoms with Gasteiger partial charge in [-0.1, -0.05) is 6.92 Å². The molecule has 0 N–H and O–H groups in total. The molecule has 1 saturated carbocycles. The fourth-order valence-electron chi connectivity index (χ4n) is 1.49. The highest BCUT2D eigenvalue weighted by molar-refractivity contribution is 5.86. The summed E-state index contributed by atoms with van der Waals surface area (Å²) < 4.78 is 5.15. The van der Waals surface area contributed by atoms with Crippen LogP contribution in [0.25, 0.3) is 0 Å². The molecule has 0 bridgehead atoms. The summed E-state index contributed by atoms with van der Waals surface area (Å²) in [6.45, 7) is 2.15. The van der Waals surface area contributed by atoms with Gasteiger partial charge in [-0.05, 0) is 12.3 Å². The van der Waals surface area contributed by atoms with E-state index in [9.17, 15) is 4.79 Å². The second-order valence-electron chi connectivity index (χ2n) is 3.00. The van der Waals surface area contributed by atoms with Gasteiger partial charge in [0.15, 0.2) is 5.78 Å². The molecule has 2 nitrogen and oxygen atoms in total. The molecule has 0 radical (unpaired) electrons. The zero-order valence-corrected chi connectivity index (χ0v) is 5.46. The zero-order chi connectivity index (χ0) is 6.43. The van der Waals surface area contributed by atoms with Crippen LogP contribution in [0.4, 0.5) is 0 Å². The first-order valence-electron chi connectivity index (χ1n) is 3.47. The van der Waals surface area contributed by atoms with Gasteiger partial charge in [-0.3, -0.25) is 4.79 Å². The molecule has 0 aromatic rings. The summed E-state index contributed by atoms with van der Waals surface area (Å²) in [7, 11) is 0. The predicted molar refractivity (Wildman–Crippen MR) is 32.1 cm³/mol. The predicted octanol–water partition coefficient (Wildman–Crippen LogP) is 0.753. The lowest BCUT2D eigenvalue weighted by Crippen LogP contribution is -2.21. The second-order valence-corrected chi connectivity index (χ2v) is 3.00. The summed E-state index contributed by atoms with van der Waals surface area (Å²) in [5, 5.41) is 0. The third kappa shape index (κ3) is 0.697. The zero-order valence-electron chi connectivity index (χ0n) is 5.46. The molecule has 2 fully saturated rings. The summed E-state index contributed by atoms with van der Waals surface area (Å²) in [6, 6.07) is 0. The van der Waals surface area contributed by atoms with Crippen molar-refractivity contribution in [2.45, 2.75) is 32.0 Å². The number of ether oxygens (including phenoxy) is 1. The number of Topliss-reactive ketones (excluding diaryl/α,β-unsaturated/α-hetero) is 1. The maximum absolute atomic E-state index is 10.9. The van der Waals surface area contributed by atoms with Gasteiger partial charge in [0.25, 0.3) is 0 Å². The van der Waals surface area contributed by atoms with E-state index in [1.165, 1.54) is 0 Å². The molecule has 2 aliphatic rings. The van der Waals surface area contributed by atoms with Crippen molar-refractivity contribution in [1.82, 2.24) is 0 Å². The minimum atomic E-state index is 0.00810. The summed E-state index contributed by atoms with van der Waals surface area (Å²) >= 11 is 0. The van der Waals surface area contributed by atoms with E-state index in [1.54, 1.807) is 0 Å². The van der Waals surface area contributed by atoms with E-state index in [0.717, 1.165) is 12.8 Å². The Morgan fingerprint density at radius 2 is 2.44 bits per heavy atom. The Balaban J connectivity index is 2.08. The summed E-state index contributed by atoms with van der Waals surface area (Å²) in [5.74, 6) is 0.936. The highest BCUT2D eigenvalue weighted by atomic mass is 16.6. The molecule has 2 heteroatoms. The third-order valence-corrected chi connectivity index (χ3v) is 2.25. The standard InChI is InChI=1S/C7H10O2/c1-4-2-3-5(8)7-6(4)9-7/h4,6-7H,2-3H2,1H3/t4-,6+,7-/m1/s1. The molecule has 50 valence electrons. The van der Waals surface area contributed by atoms with Crippen LogP contribution in [0.1, 0.15) is 19.8 Å². The summed E-state index contributed by atoms with van der Waals surface area (Å²) in [5.41, 5.74) is 0. The number of ketones is 1. The van der Waals surface area contributed by atoms with E-state index < -0.39 is 0 Å². The van der Waals surface area contributed by atoms with Crippen molar-refractivity contribution >= 4 is 5.78 Å². The van der Waals surface area contributed by atoms with Crippen LogP contribution in [0.15, 0.2) is 0 Å². The lowest BCUT2D eigenvalue weighted by atomic mass is 9.90. The lowest BCUT2D eigenvalue weighted by molar-refractivity contribution is -0.120. The van der Waals surface area contributed by atoms with Gasteiger partial charge in [0, 0.05) is 6.42 Å². The van der Waals surface area contributed by atoms with Gasteiger partial charge in [0.1, 0.15) is 6.10 Å². The fourth-order valence-corrected chi connectivity index (χ4v) is 1.49. The van der Waals surface area contributed by atoms with Gasteiger partial charge in [-0.25, -0.2) is 0 Å². The number of hydrogen-bond acceptors (Lipinski definition) is 2. The normalized spacial score (nSPS) is 48.6. The molecule has 2 rings (SSSR count). The maximum Gasteiger partial charge on any atom is 0.164 e. The van der Waals surface area contributed by atoms with Gasteiger partial charge in [-0.2, -0.15) is 0 Å². The van der Waals surface area contributed by atoms with Gasteiger partial charge in [-0.15, -0.1) is 0 Å². The summed E-state index contributed by atoms with van der Waals surface area (Å²) in [4.78, 5) is 10.9. The van der Waals surface area contributed by atoms with E-state index in [2.05, 4.69) is 6.92 Å². The van der Waals surface area contributed by atoms with Gasteiger partial charge >= 0.3 is 0 Å². The lowest BCUT2D eigenvalue weighted by Gasteiger charge is -2.10. The number of fused-ring (bicyclic) bond motifs is 1. The molecule has 0 aromatic carbocycles. The first-order chi connectivity index (χ1) is 4.29. The first-order valence-corrected chi connectivity index (χ1v) is 3.47. The van der Waals surface area contributed by atoms with E-state index in [4.69, 9.17) is 4.74 Å². The molecule has 1 saturated heterocycles. The Morgan fingerprint density at radius 3 is 3.11 bits per heavy atom. The number of hydrogen-bond donors (Lipinski definition) is 0. The average molecular weight is 126 g/mol. The van der Waals surface area contributed by atoms with Crippen molar-refractivity contribution in [1.29, 1.82) is 0 Å². The van der Waals surface area contributed by atoms with Gasteiger partial charge in [0.2, 0.25) is 0 Å². The van der Waals surface area contributed by atoms with Crippen LogP contribution in [0, 0.1) is 5.92 Å². The van der Waals surface area contributed by atoms with Crippen LogP contribution in [-0.4, -0.2) is 18.0 Å². The molecule has 1 aliphatic carbocycles. The molecule has 0 amide bonds. The van der Waals surface area contributed by atoms with Crippen molar-refractivity contribution in [3.8, 4) is 0 Å². The largest absolute Gasteiger partial charge is 0.361 e. The summed E-state index contributed by atoms with van der Waals surface area (Å²) in [6.07, 6.45) is 2.07. The van der Waals surface area contributed by atoms with Gasteiger partial charge in [0.05, 0.1) is 6.10 Å². The van der Waals surface area contributed by atoms with Crippen molar-refractivity contribution in [2.24, 2.45) is 5.92 Å². The molecule has 3 atom stereocenters. The smallest absolute Gasteiger partial charge is 0.164 e. The van der Waals surface area contributed by atoms with Crippen LogP contribution in [0.5, 0.6) is 0 Å². The maximum atomic E-state index is 10.9. The molecular formula is C7H10O2. The Morgan fingerprint density at radius 1 is 1.67 bits per heavy atom. The highest BCUT2D eigenvalue weighted by Gasteiger charge is 2.50. The average Bonchev–Trinajstić information content (AvgIpc) is 2.57. The minimum absolute atomic E-state index is 0.00810. The van der Waals surface area contributed by atoms with Crippen molar-refractivity contribution < 1.29 is 9.53 Å². The van der Waals surface area contributed by atoms with E-state index in [0.29, 0.717) is 17.8 Å². The van der Waals surface area contributed by atoms with Crippen LogP contribution in [-0.2, 0) is 9.53 Å². The molecule has 0 aromatic heterocycles. The Labute approximate surface area is 54.2 Å². The van der Waals surface area contributed by atoms with Crippen molar-refractivity contribution in [3.63, 3.8) is 0 Å². The second kappa shape index (κ2) is 1.57. The topological polar surface area (TPSA) is 29.6 Å². The van der Waals surface area contributed by atoms with Crippen LogP contribution in [0.2, 0.25) is 0 Å². The first kappa shape index (κ1) is 5.42. The quantitative estimate of drug-likeness (QED) is 0.448. The van der Waals surface area contributed by atoms with Gasteiger partial charge < -0.3 is 4.74 Å². The SMILES string of the molecule is C[C@@H]1CCC(=O)[C@H]2O[C@@H]12. The molecule has 9 heavy (non-hydrogen) atoms. The number of epoxide rings is 1. The molecular weight excluding hydrogens is 116 g/mol. The van der Waals surface area contributed by atoms with Crippen LogP contribution < -0.4 is 0 Å². The number of carbonyl (C=O) groups is 1. The third-order valence-electron chi connectivity index (χ3n) is 2.25. The minimum Gasteiger partial charge on any atom is -0.361 e. The van der Waals surface area contributed by atoms with E-state index >= 15 is 0 Å². The molecule has 1 aliphatic heterocycles. The van der Waals surface area contributed by atoms with Crippen molar-refractivity contribution in [2.75, 3.05) is 0 Å². The Bertz CT molecular complexity index is 153. The van der Waals surface area contributed by atoms with Crippen LogP contribution in [0.3, 0.4) is 0 Å². The Hall–Kier alpha value is -0.370. The van der Waals surface area contributed by atoms with E-state index in [1.807, 2.05) is 0 Å². The molecule has 0 spiro atoms. The number of carbonyl (C=O) groups excluding carboxylic acids is 1. The molecule has 1 heterocycles.